The van der Waals surface area contributed by atoms with Crippen LogP contribution in [-0.4, -0.2) is 30.2 Å². The van der Waals surface area contributed by atoms with Crippen molar-refractivity contribution in [1.82, 2.24) is 0 Å². The van der Waals surface area contributed by atoms with Crippen molar-refractivity contribution in [3.63, 3.8) is 0 Å². The Balaban J connectivity index is 5.62. The molecule has 0 rings (SSSR count). The van der Waals surface area contributed by atoms with Crippen molar-refractivity contribution in [1.29, 1.82) is 0 Å². The average molecular weight is 326 g/mol. The van der Waals surface area contributed by atoms with Gasteiger partial charge in [-0.15, -0.1) is 0 Å². The molecule has 120 valence electrons. The van der Waals surface area contributed by atoms with Crippen LogP contribution in [0.5, 0.6) is 0 Å². The molecule has 10 heteroatoms. The summed E-state index contributed by atoms with van der Waals surface area (Å²) in [4.78, 5) is 11.6. The van der Waals surface area contributed by atoms with Crippen molar-refractivity contribution in [3.8, 4) is 0 Å². The molecular formula is C10H15F5O4S. The van der Waals surface area contributed by atoms with Gasteiger partial charge in [-0.2, -0.15) is 30.4 Å². The van der Waals surface area contributed by atoms with E-state index in [1.807, 2.05) is 0 Å². The molecule has 0 aromatic heterocycles. The fraction of sp³-hybridized carbons (Fsp3) is 0.900. The molecule has 4 nitrogen and oxygen atoms in total. The highest BCUT2D eigenvalue weighted by Gasteiger charge is 2.63. The number of rotatable bonds is 6. The Morgan fingerprint density at radius 1 is 1.15 bits per heavy atom. The molecule has 0 radical (unpaired) electrons. The topological polar surface area (TPSA) is 71.4 Å². The lowest BCUT2D eigenvalue weighted by molar-refractivity contribution is -0.221. The zero-order chi connectivity index (χ0) is 16.6. The van der Waals surface area contributed by atoms with E-state index in [1.165, 1.54) is 20.8 Å². The zero-order valence-corrected chi connectivity index (χ0v) is 11.8. The summed E-state index contributed by atoms with van der Waals surface area (Å²) in [6.07, 6.45) is -7.29. The molecule has 0 saturated heterocycles. The minimum absolute atomic E-state index is 0.0911. The van der Waals surface area contributed by atoms with E-state index in [2.05, 4.69) is 0 Å². The summed E-state index contributed by atoms with van der Waals surface area (Å²) in [7, 11) is -6.29. The van der Waals surface area contributed by atoms with Gasteiger partial charge in [0.15, 0.2) is 0 Å². The smallest absolute Gasteiger partial charge is 0.299 e. The van der Waals surface area contributed by atoms with Gasteiger partial charge in [0, 0.05) is 11.8 Å². The van der Waals surface area contributed by atoms with E-state index >= 15 is 0 Å². The van der Waals surface area contributed by atoms with E-state index in [0.29, 0.717) is 0 Å². The quantitative estimate of drug-likeness (QED) is 0.601. The van der Waals surface area contributed by atoms with E-state index in [4.69, 9.17) is 4.55 Å². The molecule has 0 heterocycles. The molecular weight excluding hydrogens is 311 g/mol. The van der Waals surface area contributed by atoms with Crippen LogP contribution in [0.2, 0.25) is 0 Å². The first-order chi connectivity index (χ1) is 8.57. The van der Waals surface area contributed by atoms with Crippen molar-refractivity contribution in [2.24, 2.45) is 11.3 Å². The number of halogens is 5. The van der Waals surface area contributed by atoms with Crippen LogP contribution >= 0.6 is 0 Å². The maximum atomic E-state index is 13.2. The fourth-order valence-corrected chi connectivity index (χ4v) is 1.84. The van der Waals surface area contributed by atoms with Crippen molar-refractivity contribution >= 4 is 15.9 Å². The van der Waals surface area contributed by atoms with Crippen LogP contribution in [-0.2, 0) is 14.9 Å². The minimum atomic E-state index is -6.29. The van der Waals surface area contributed by atoms with Crippen LogP contribution in [0.3, 0.4) is 0 Å². The van der Waals surface area contributed by atoms with Crippen LogP contribution in [0.1, 0.15) is 33.6 Å². The molecule has 0 fully saturated rings. The first-order valence-corrected chi connectivity index (χ1v) is 6.96. The molecule has 0 aliphatic rings. The number of carbonyl (C=O) groups excluding carboxylic acids is 1. The first kappa shape index (κ1) is 19.2. The lowest BCUT2D eigenvalue weighted by Gasteiger charge is -2.29. The highest BCUT2D eigenvalue weighted by molar-refractivity contribution is 7.86. The van der Waals surface area contributed by atoms with Gasteiger partial charge in [-0.25, -0.2) is 0 Å². The van der Waals surface area contributed by atoms with Crippen LogP contribution in [0.25, 0.3) is 0 Å². The van der Waals surface area contributed by atoms with Gasteiger partial charge < -0.3 is 0 Å². The van der Waals surface area contributed by atoms with Crippen molar-refractivity contribution in [3.05, 3.63) is 0 Å². The number of ketones is 1. The van der Waals surface area contributed by atoms with Gasteiger partial charge in [-0.1, -0.05) is 20.8 Å². The minimum Gasteiger partial charge on any atom is -0.299 e. The molecule has 0 spiro atoms. The largest absolute Gasteiger partial charge is 0.399 e. The van der Waals surface area contributed by atoms with E-state index in [-0.39, 0.29) is 6.42 Å². The van der Waals surface area contributed by atoms with E-state index < -0.39 is 45.1 Å². The summed E-state index contributed by atoms with van der Waals surface area (Å²) >= 11 is 0. The maximum Gasteiger partial charge on any atom is 0.399 e. The fourth-order valence-electron chi connectivity index (χ4n) is 1.26. The first-order valence-electron chi connectivity index (χ1n) is 5.52. The van der Waals surface area contributed by atoms with Crippen LogP contribution in [0.4, 0.5) is 22.0 Å². The highest BCUT2D eigenvalue weighted by Crippen LogP contribution is 2.44. The molecule has 1 N–H and O–H groups in total. The lowest BCUT2D eigenvalue weighted by Crippen LogP contribution is -2.47. The summed E-state index contributed by atoms with van der Waals surface area (Å²) < 4.78 is 93.4. The molecule has 0 aromatic rings. The van der Waals surface area contributed by atoms with Gasteiger partial charge >= 0.3 is 21.5 Å². The van der Waals surface area contributed by atoms with Crippen LogP contribution in [0.15, 0.2) is 0 Å². The number of carbonyl (C=O) groups is 1. The molecule has 0 saturated carbocycles. The molecule has 0 aromatic carbocycles. The molecule has 0 bridgehead atoms. The second kappa shape index (κ2) is 5.55. The second-order valence-corrected chi connectivity index (χ2v) is 6.49. The summed E-state index contributed by atoms with van der Waals surface area (Å²) in [5, 5.41) is -5.48. The third-order valence-electron chi connectivity index (χ3n) is 3.17. The Kier molecular flexibility index (Phi) is 5.34. The number of hydrogen-bond acceptors (Lipinski definition) is 3. The molecule has 1 unspecified atom stereocenters. The normalized spacial score (nSPS) is 16.1. The van der Waals surface area contributed by atoms with Gasteiger partial charge in [-0.3, -0.25) is 9.35 Å². The maximum absolute atomic E-state index is 13.2. The predicted octanol–water partition coefficient (Wildman–Crippen LogP) is 3.04. The Morgan fingerprint density at radius 2 is 1.55 bits per heavy atom. The van der Waals surface area contributed by atoms with Crippen molar-refractivity contribution < 1.29 is 39.7 Å². The third-order valence-corrected chi connectivity index (χ3v) is 4.15. The Morgan fingerprint density at radius 3 is 1.80 bits per heavy atom. The van der Waals surface area contributed by atoms with Gasteiger partial charge in [-0.05, 0) is 6.42 Å². The molecule has 0 aliphatic heterocycles. The zero-order valence-electron chi connectivity index (χ0n) is 11.0. The van der Waals surface area contributed by atoms with Crippen LogP contribution in [0, 0.1) is 11.3 Å². The van der Waals surface area contributed by atoms with Gasteiger partial charge in [0.1, 0.15) is 11.7 Å². The molecule has 20 heavy (non-hydrogen) atoms. The summed E-state index contributed by atoms with van der Waals surface area (Å²) in [5.74, 6) is -4.95. The van der Waals surface area contributed by atoms with Crippen molar-refractivity contribution in [2.45, 2.75) is 45.0 Å². The van der Waals surface area contributed by atoms with E-state index in [0.717, 1.165) is 0 Å². The highest BCUT2D eigenvalue weighted by atomic mass is 32.2. The Labute approximate surface area is 113 Å². The number of Topliss-reactive ketones (excluding diaryl/α,β-unsaturated/α-hetero) is 1. The lowest BCUT2D eigenvalue weighted by atomic mass is 9.81. The summed E-state index contributed by atoms with van der Waals surface area (Å²) in [6.45, 7) is 3.99. The second-order valence-electron chi connectivity index (χ2n) is 5.00. The van der Waals surface area contributed by atoms with E-state index in [9.17, 15) is 35.2 Å². The summed E-state index contributed by atoms with van der Waals surface area (Å²) in [5.41, 5.74) is -1.31. The van der Waals surface area contributed by atoms with E-state index in [1.54, 1.807) is 0 Å². The molecule has 0 amide bonds. The average Bonchev–Trinajstić information content (AvgIpc) is 2.21. The monoisotopic (exact) mass is 326 g/mol. The number of hydrogen-bond donors (Lipinski definition) is 1. The predicted molar refractivity (Wildman–Crippen MR) is 59.7 cm³/mol. The molecule has 1 atom stereocenters. The van der Waals surface area contributed by atoms with Gasteiger partial charge in [0.25, 0.3) is 0 Å². The molecule has 0 aliphatic carbocycles. The van der Waals surface area contributed by atoms with Gasteiger partial charge in [0.05, 0.1) is 0 Å². The Hall–Kier alpha value is -0.770. The van der Waals surface area contributed by atoms with Crippen molar-refractivity contribution in [2.75, 3.05) is 0 Å². The third kappa shape index (κ3) is 4.11. The number of alkyl halides is 5. The SMILES string of the molecule is CCC(C)(C)C(=O)CC(C(F)(F)F)C(F)(F)S(=O)(=O)O. The van der Waals surface area contributed by atoms with Crippen LogP contribution < -0.4 is 0 Å². The standard InChI is InChI=1S/C10H15F5O4S/c1-4-8(2,3)7(16)5-6(9(11,12)13)10(14,15)20(17,18)19/h6H,4-5H2,1-3H3,(H,17,18,19). The Bertz CT molecular complexity index is 467. The van der Waals surface area contributed by atoms with Gasteiger partial charge in [0.2, 0.25) is 0 Å². The summed E-state index contributed by atoms with van der Waals surface area (Å²) in [6, 6.07) is 0.